The van der Waals surface area contributed by atoms with Crippen LogP contribution in [-0.4, -0.2) is 0 Å². The normalized spacial score (nSPS) is 12.6. The molecule has 146 valence electrons. The van der Waals surface area contributed by atoms with Gasteiger partial charge in [-0.15, -0.1) is 0 Å². The Morgan fingerprint density at radius 3 is 2.43 bits per heavy atom. The van der Waals surface area contributed by atoms with Gasteiger partial charge in [0.05, 0.1) is 10.9 Å². The molecule has 2 heterocycles. The van der Waals surface area contributed by atoms with Gasteiger partial charge in [0.1, 0.15) is 18.5 Å². The first-order chi connectivity index (χ1) is 14.5. The van der Waals surface area contributed by atoms with E-state index >= 15 is 0 Å². The number of fused-ring (bicyclic) bond motifs is 5. The summed E-state index contributed by atoms with van der Waals surface area (Å²) in [7, 11) is 2.13. The molecule has 5 aromatic rings. The van der Waals surface area contributed by atoms with Crippen molar-refractivity contribution in [1.82, 2.24) is 0 Å². The Bertz CT molecular complexity index is 1510. The van der Waals surface area contributed by atoms with Crippen LogP contribution in [0.4, 0.5) is 0 Å². The Hall–Kier alpha value is -3.39. The van der Waals surface area contributed by atoms with E-state index in [1.165, 1.54) is 54.7 Å². The van der Waals surface area contributed by atoms with Crippen LogP contribution in [0.2, 0.25) is 0 Å². The first-order valence-corrected chi connectivity index (χ1v) is 10.6. The highest BCUT2D eigenvalue weighted by atomic mass is 16.5. The van der Waals surface area contributed by atoms with Crippen molar-refractivity contribution in [2.45, 2.75) is 26.7 Å². The number of aromatic nitrogens is 1. The van der Waals surface area contributed by atoms with E-state index in [1.807, 2.05) is 0 Å². The van der Waals surface area contributed by atoms with Gasteiger partial charge in [0.15, 0.2) is 6.20 Å². The molecule has 1 aromatic heterocycles. The van der Waals surface area contributed by atoms with Gasteiger partial charge >= 0.3 is 0 Å². The zero-order chi connectivity index (χ0) is 20.6. The molecule has 4 aromatic carbocycles. The van der Waals surface area contributed by atoms with E-state index in [9.17, 15) is 0 Å². The summed E-state index contributed by atoms with van der Waals surface area (Å²) in [6.45, 7) is 6.69. The lowest BCUT2D eigenvalue weighted by Crippen LogP contribution is -2.31. The van der Waals surface area contributed by atoms with Gasteiger partial charge in [-0.05, 0) is 57.6 Å². The molecule has 1 aliphatic rings. The fraction of sp³-hybridized carbons (Fsp3) is 0.179. The molecular weight excluding hydrogens is 366 g/mol. The lowest BCUT2D eigenvalue weighted by atomic mass is 9.90. The number of aryl methyl sites for hydroxylation is 2. The third-order valence-corrected chi connectivity index (χ3v) is 6.62. The SMILES string of the molecule is Cc1c2c(cc3ccccc13)Oc1cc3cc(C(C)C)ccc3c3cc[n+](C)c-2c13. The number of benzene rings is 4. The largest absolute Gasteiger partial charge is 0.456 e. The minimum absolute atomic E-state index is 0.501. The van der Waals surface area contributed by atoms with Gasteiger partial charge in [-0.3, -0.25) is 0 Å². The summed E-state index contributed by atoms with van der Waals surface area (Å²) in [5.74, 6) is 2.40. The summed E-state index contributed by atoms with van der Waals surface area (Å²) in [5.41, 5.74) is 5.07. The van der Waals surface area contributed by atoms with Crippen molar-refractivity contribution in [2.75, 3.05) is 0 Å². The minimum atomic E-state index is 0.501. The highest BCUT2D eigenvalue weighted by Crippen LogP contribution is 2.49. The van der Waals surface area contributed by atoms with Crippen LogP contribution in [0.1, 0.15) is 30.9 Å². The number of ether oxygens (including phenoxy) is 1. The van der Waals surface area contributed by atoms with E-state index in [4.69, 9.17) is 4.74 Å². The van der Waals surface area contributed by atoms with Gasteiger partial charge in [0.2, 0.25) is 5.69 Å². The molecule has 0 saturated carbocycles. The van der Waals surface area contributed by atoms with Crippen molar-refractivity contribution in [3.8, 4) is 22.8 Å². The van der Waals surface area contributed by atoms with Crippen molar-refractivity contribution in [3.63, 3.8) is 0 Å². The van der Waals surface area contributed by atoms with Crippen LogP contribution < -0.4 is 9.30 Å². The number of hydrogen-bond donors (Lipinski definition) is 0. The molecule has 0 unspecified atom stereocenters. The van der Waals surface area contributed by atoms with E-state index in [0.29, 0.717) is 5.92 Å². The maximum atomic E-state index is 6.59. The molecule has 0 spiro atoms. The highest BCUT2D eigenvalue weighted by molar-refractivity contribution is 6.16. The van der Waals surface area contributed by atoms with Gasteiger partial charge in [-0.1, -0.05) is 56.3 Å². The van der Waals surface area contributed by atoms with Gasteiger partial charge in [-0.25, -0.2) is 4.57 Å². The summed E-state index contributed by atoms with van der Waals surface area (Å²) >= 11 is 0. The monoisotopic (exact) mass is 390 g/mol. The van der Waals surface area contributed by atoms with Gasteiger partial charge in [0.25, 0.3) is 0 Å². The van der Waals surface area contributed by atoms with Crippen molar-refractivity contribution in [2.24, 2.45) is 7.05 Å². The Morgan fingerprint density at radius 1 is 0.800 bits per heavy atom. The Morgan fingerprint density at radius 2 is 1.60 bits per heavy atom. The second kappa shape index (κ2) is 6.06. The van der Waals surface area contributed by atoms with Crippen LogP contribution in [0, 0.1) is 6.92 Å². The molecule has 0 saturated heterocycles. The average molecular weight is 391 g/mol. The van der Waals surface area contributed by atoms with E-state index in [1.54, 1.807) is 0 Å². The maximum absolute atomic E-state index is 6.59. The molecule has 0 atom stereocenters. The number of nitrogens with zero attached hydrogens (tertiary/aromatic N) is 1. The van der Waals surface area contributed by atoms with Crippen molar-refractivity contribution < 1.29 is 9.30 Å². The van der Waals surface area contributed by atoms with Crippen molar-refractivity contribution >= 4 is 32.3 Å². The second-order valence-electron chi connectivity index (χ2n) is 8.77. The molecular formula is C28H24NO+. The fourth-order valence-electron chi connectivity index (χ4n) is 5.01. The van der Waals surface area contributed by atoms with E-state index in [-0.39, 0.29) is 0 Å². The molecule has 0 aliphatic carbocycles. The number of hydrogen-bond acceptors (Lipinski definition) is 1. The fourth-order valence-corrected chi connectivity index (χ4v) is 5.01. The van der Waals surface area contributed by atoms with E-state index in [0.717, 1.165) is 11.5 Å². The molecule has 0 amide bonds. The van der Waals surface area contributed by atoms with Crippen LogP contribution in [-0.2, 0) is 7.05 Å². The van der Waals surface area contributed by atoms with Crippen molar-refractivity contribution in [1.29, 1.82) is 0 Å². The molecule has 0 fully saturated rings. The minimum Gasteiger partial charge on any atom is -0.456 e. The smallest absolute Gasteiger partial charge is 0.228 e. The second-order valence-corrected chi connectivity index (χ2v) is 8.77. The number of pyridine rings is 1. The first kappa shape index (κ1) is 17.5. The summed E-state index contributed by atoms with van der Waals surface area (Å²) < 4.78 is 8.83. The summed E-state index contributed by atoms with van der Waals surface area (Å²) in [4.78, 5) is 0. The van der Waals surface area contributed by atoms with Crippen LogP contribution in [0.25, 0.3) is 43.6 Å². The molecule has 6 rings (SSSR count). The van der Waals surface area contributed by atoms with Gasteiger partial charge in [0, 0.05) is 11.5 Å². The van der Waals surface area contributed by atoms with E-state index < -0.39 is 0 Å². The molecule has 30 heavy (non-hydrogen) atoms. The first-order valence-electron chi connectivity index (χ1n) is 10.6. The molecule has 2 nitrogen and oxygen atoms in total. The molecule has 0 bridgehead atoms. The summed E-state index contributed by atoms with van der Waals surface area (Å²) in [6.07, 6.45) is 2.18. The lowest BCUT2D eigenvalue weighted by Gasteiger charge is -2.23. The summed E-state index contributed by atoms with van der Waals surface area (Å²) in [6, 6.07) is 22.1. The predicted molar refractivity (Wildman–Crippen MR) is 124 cm³/mol. The standard InChI is InChI=1S/C28H24NO/c1-16(2)18-9-10-22-20(13-18)15-25-27-23(22)11-12-29(4)28(27)26-17(3)21-8-6-5-7-19(21)14-24(26)30-25/h5-16H,1-4H3/q+1. The Kier molecular flexibility index (Phi) is 3.53. The maximum Gasteiger partial charge on any atom is 0.228 e. The van der Waals surface area contributed by atoms with Crippen LogP contribution in [0.15, 0.2) is 66.9 Å². The Balaban J connectivity index is 1.78. The highest BCUT2D eigenvalue weighted by Gasteiger charge is 2.30. The lowest BCUT2D eigenvalue weighted by molar-refractivity contribution is -0.659. The predicted octanol–water partition coefficient (Wildman–Crippen LogP) is 7.18. The van der Waals surface area contributed by atoms with Crippen LogP contribution in [0.3, 0.4) is 0 Å². The zero-order valence-corrected chi connectivity index (χ0v) is 17.8. The zero-order valence-electron chi connectivity index (χ0n) is 17.8. The molecule has 0 radical (unpaired) electrons. The third-order valence-electron chi connectivity index (χ3n) is 6.62. The summed E-state index contributed by atoms with van der Waals surface area (Å²) in [5, 5.41) is 7.48. The number of rotatable bonds is 1. The third kappa shape index (κ3) is 2.28. The quantitative estimate of drug-likeness (QED) is 0.214. The topological polar surface area (TPSA) is 13.1 Å². The van der Waals surface area contributed by atoms with Crippen LogP contribution >= 0.6 is 0 Å². The van der Waals surface area contributed by atoms with Crippen molar-refractivity contribution in [3.05, 3.63) is 78.0 Å². The molecule has 0 N–H and O–H groups in total. The van der Waals surface area contributed by atoms with E-state index in [2.05, 4.69) is 99.2 Å². The van der Waals surface area contributed by atoms with Gasteiger partial charge in [-0.2, -0.15) is 0 Å². The molecule has 1 aliphatic heterocycles. The van der Waals surface area contributed by atoms with Gasteiger partial charge < -0.3 is 4.74 Å². The molecule has 2 heteroatoms. The Labute approximate surface area is 176 Å². The van der Waals surface area contributed by atoms with Crippen LogP contribution in [0.5, 0.6) is 11.5 Å². The average Bonchev–Trinajstić information content (AvgIpc) is 2.74.